The van der Waals surface area contributed by atoms with Crippen LogP contribution < -0.4 is 0 Å². The summed E-state index contributed by atoms with van der Waals surface area (Å²) in [5, 5.41) is 18.3. The lowest BCUT2D eigenvalue weighted by molar-refractivity contribution is -0.153. The zero-order chi connectivity index (χ0) is 12.2. The van der Waals surface area contributed by atoms with Gasteiger partial charge >= 0.3 is 5.97 Å². The Hall–Kier alpha value is -1.49. The van der Waals surface area contributed by atoms with E-state index in [1.165, 1.54) is 6.92 Å². The minimum Gasteiger partial charge on any atom is -0.481 e. The van der Waals surface area contributed by atoms with Gasteiger partial charge < -0.3 is 10.2 Å². The molecule has 5 heteroatoms. The molecule has 0 radical (unpaired) electrons. The van der Waals surface area contributed by atoms with Crippen molar-refractivity contribution in [3.8, 4) is 0 Å². The Morgan fingerprint density at radius 2 is 2.25 bits per heavy atom. The standard InChI is InChI=1S/C11H16N2O3/c1-8(11(2,7-14)10(15)16)5-9-6-12-3-4-13-9/h3-4,6,8,14H,5,7H2,1-2H3,(H,15,16). The van der Waals surface area contributed by atoms with E-state index < -0.39 is 11.4 Å². The third-order valence-corrected chi connectivity index (χ3v) is 3.04. The predicted molar refractivity (Wildman–Crippen MR) is 57.7 cm³/mol. The van der Waals surface area contributed by atoms with Gasteiger partial charge in [-0.05, 0) is 19.3 Å². The van der Waals surface area contributed by atoms with E-state index in [4.69, 9.17) is 5.11 Å². The minimum atomic E-state index is -1.14. The second kappa shape index (κ2) is 5.03. The number of aromatic nitrogens is 2. The molecule has 1 heterocycles. The fourth-order valence-corrected chi connectivity index (χ4v) is 1.41. The Morgan fingerprint density at radius 3 is 2.69 bits per heavy atom. The Kier molecular flexibility index (Phi) is 3.95. The molecule has 5 nitrogen and oxygen atoms in total. The van der Waals surface area contributed by atoms with Crippen molar-refractivity contribution in [3.05, 3.63) is 24.3 Å². The molecule has 0 saturated heterocycles. The summed E-state index contributed by atoms with van der Waals surface area (Å²) in [6, 6.07) is 0. The molecule has 88 valence electrons. The van der Waals surface area contributed by atoms with Gasteiger partial charge in [-0.3, -0.25) is 14.8 Å². The van der Waals surface area contributed by atoms with E-state index in [-0.39, 0.29) is 12.5 Å². The van der Waals surface area contributed by atoms with Crippen LogP contribution >= 0.6 is 0 Å². The highest BCUT2D eigenvalue weighted by Gasteiger charge is 2.38. The first kappa shape index (κ1) is 12.6. The number of aliphatic hydroxyl groups excluding tert-OH is 1. The molecular formula is C11H16N2O3. The summed E-state index contributed by atoms with van der Waals surface area (Å²) in [6.07, 6.45) is 5.23. The van der Waals surface area contributed by atoms with Crippen LogP contribution in [0.2, 0.25) is 0 Å². The van der Waals surface area contributed by atoms with Crippen molar-refractivity contribution in [1.82, 2.24) is 9.97 Å². The average Bonchev–Trinajstić information content (AvgIpc) is 2.28. The Bertz CT molecular complexity index is 356. The largest absolute Gasteiger partial charge is 0.481 e. The average molecular weight is 224 g/mol. The van der Waals surface area contributed by atoms with Crippen LogP contribution in [-0.2, 0) is 11.2 Å². The van der Waals surface area contributed by atoms with Crippen LogP contribution in [0, 0.1) is 11.3 Å². The molecule has 16 heavy (non-hydrogen) atoms. The van der Waals surface area contributed by atoms with Gasteiger partial charge in [-0.25, -0.2) is 0 Å². The summed E-state index contributed by atoms with van der Waals surface area (Å²) in [7, 11) is 0. The maximum absolute atomic E-state index is 11.1. The van der Waals surface area contributed by atoms with Crippen LogP contribution in [0.3, 0.4) is 0 Å². The first-order valence-corrected chi connectivity index (χ1v) is 5.10. The molecule has 1 aromatic rings. The van der Waals surface area contributed by atoms with Gasteiger partial charge in [0.25, 0.3) is 0 Å². The number of hydrogen-bond acceptors (Lipinski definition) is 4. The van der Waals surface area contributed by atoms with Crippen molar-refractivity contribution in [3.63, 3.8) is 0 Å². The van der Waals surface area contributed by atoms with E-state index in [0.717, 1.165) is 5.69 Å². The first-order valence-electron chi connectivity index (χ1n) is 5.10. The maximum Gasteiger partial charge on any atom is 0.311 e. The molecule has 0 aliphatic rings. The van der Waals surface area contributed by atoms with E-state index in [2.05, 4.69) is 9.97 Å². The number of aliphatic hydroxyl groups is 1. The lowest BCUT2D eigenvalue weighted by Crippen LogP contribution is -2.39. The lowest BCUT2D eigenvalue weighted by Gasteiger charge is -2.29. The topological polar surface area (TPSA) is 83.3 Å². The van der Waals surface area contributed by atoms with Crippen LogP contribution in [0.1, 0.15) is 19.5 Å². The van der Waals surface area contributed by atoms with E-state index in [1.54, 1.807) is 25.5 Å². The molecule has 1 rings (SSSR count). The molecular weight excluding hydrogens is 208 g/mol. The zero-order valence-corrected chi connectivity index (χ0v) is 9.42. The van der Waals surface area contributed by atoms with E-state index >= 15 is 0 Å². The first-order chi connectivity index (χ1) is 7.50. The van der Waals surface area contributed by atoms with Crippen LogP contribution in [0.25, 0.3) is 0 Å². The van der Waals surface area contributed by atoms with Crippen LogP contribution in [0.15, 0.2) is 18.6 Å². The third-order valence-electron chi connectivity index (χ3n) is 3.04. The van der Waals surface area contributed by atoms with Crippen LogP contribution in [0.5, 0.6) is 0 Å². The summed E-state index contributed by atoms with van der Waals surface area (Å²) in [5.41, 5.74) is -0.409. The molecule has 2 unspecified atom stereocenters. The molecule has 2 atom stereocenters. The fourth-order valence-electron chi connectivity index (χ4n) is 1.41. The number of carbonyl (C=O) groups is 1. The third kappa shape index (κ3) is 2.55. The molecule has 0 fully saturated rings. The van der Waals surface area contributed by atoms with E-state index in [1.807, 2.05) is 0 Å². The zero-order valence-electron chi connectivity index (χ0n) is 9.42. The smallest absolute Gasteiger partial charge is 0.311 e. The summed E-state index contributed by atoms with van der Waals surface area (Å²) in [6.45, 7) is 2.94. The Morgan fingerprint density at radius 1 is 1.56 bits per heavy atom. The summed E-state index contributed by atoms with van der Waals surface area (Å²) in [4.78, 5) is 19.1. The number of hydrogen-bond donors (Lipinski definition) is 2. The monoisotopic (exact) mass is 224 g/mol. The highest BCUT2D eigenvalue weighted by Crippen LogP contribution is 2.29. The van der Waals surface area contributed by atoms with Crippen molar-refractivity contribution < 1.29 is 15.0 Å². The lowest BCUT2D eigenvalue weighted by atomic mass is 9.76. The molecule has 2 N–H and O–H groups in total. The number of nitrogens with zero attached hydrogens (tertiary/aromatic N) is 2. The molecule has 0 bridgehead atoms. The van der Waals surface area contributed by atoms with Gasteiger partial charge in [0.05, 0.1) is 17.7 Å². The maximum atomic E-state index is 11.1. The SMILES string of the molecule is CC(Cc1cnccn1)C(C)(CO)C(=O)O. The highest BCUT2D eigenvalue weighted by molar-refractivity contribution is 5.74. The van der Waals surface area contributed by atoms with Crippen LogP contribution in [0.4, 0.5) is 0 Å². The Labute approximate surface area is 94.2 Å². The van der Waals surface area contributed by atoms with Gasteiger partial charge in [0.1, 0.15) is 0 Å². The molecule has 0 aliphatic heterocycles. The fraction of sp³-hybridized carbons (Fsp3) is 0.545. The van der Waals surface area contributed by atoms with Crippen molar-refractivity contribution in [1.29, 1.82) is 0 Å². The van der Waals surface area contributed by atoms with Crippen molar-refractivity contribution in [2.24, 2.45) is 11.3 Å². The predicted octanol–water partition coefficient (Wildman–Crippen LogP) is 0.738. The number of aliphatic carboxylic acids is 1. The molecule has 1 aromatic heterocycles. The quantitative estimate of drug-likeness (QED) is 0.770. The van der Waals surface area contributed by atoms with Crippen molar-refractivity contribution >= 4 is 5.97 Å². The molecule has 0 spiro atoms. The van der Waals surface area contributed by atoms with Gasteiger partial charge in [-0.2, -0.15) is 0 Å². The summed E-state index contributed by atoms with van der Waals surface area (Å²) < 4.78 is 0. The Balaban J connectivity index is 2.78. The second-order valence-corrected chi connectivity index (χ2v) is 4.18. The van der Waals surface area contributed by atoms with E-state index in [9.17, 15) is 9.90 Å². The van der Waals surface area contributed by atoms with Crippen LogP contribution in [-0.4, -0.2) is 32.8 Å². The van der Waals surface area contributed by atoms with E-state index in [0.29, 0.717) is 6.42 Å². The molecule has 0 saturated carbocycles. The van der Waals surface area contributed by atoms with Crippen molar-refractivity contribution in [2.45, 2.75) is 20.3 Å². The summed E-state index contributed by atoms with van der Waals surface area (Å²) in [5.74, 6) is -1.21. The number of rotatable bonds is 5. The normalized spacial score (nSPS) is 16.4. The molecule has 0 aromatic carbocycles. The summed E-state index contributed by atoms with van der Waals surface area (Å²) >= 11 is 0. The number of carboxylic acid groups (broad SMARTS) is 1. The van der Waals surface area contributed by atoms with Gasteiger partial charge in [-0.15, -0.1) is 0 Å². The van der Waals surface area contributed by atoms with Gasteiger partial charge in [0, 0.05) is 18.6 Å². The second-order valence-electron chi connectivity index (χ2n) is 4.18. The molecule has 0 aliphatic carbocycles. The minimum absolute atomic E-state index is 0.216. The van der Waals surface area contributed by atoms with Gasteiger partial charge in [-0.1, -0.05) is 6.92 Å². The van der Waals surface area contributed by atoms with Gasteiger partial charge in [0.2, 0.25) is 0 Å². The van der Waals surface area contributed by atoms with Crippen molar-refractivity contribution in [2.75, 3.05) is 6.61 Å². The molecule has 0 amide bonds. The van der Waals surface area contributed by atoms with Gasteiger partial charge in [0.15, 0.2) is 0 Å². The highest BCUT2D eigenvalue weighted by atomic mass is 16.4. The number of carboxylic acids is 1.